The zero-order valence-corrected chi connectivity index (χ0v) is 15.3. The van der Waals surface area contributed by atoms with E-state index in [2.05, 4.69) is 22.6 Å². The number of hydrogen-bond donors (Lipinski definition) is 0. The first-order valence-corrected chi connectivity index (χ1v) is 8.98. The number of rotatable bonds is 5. The molecule has 0 N–H and O–H groups in total. The number of carbonyl (C=O) groups is 2. The number of ether oxygens (including phenoxy) is 1. The summed E-state index contributed by atoms with van der Waals surface area (Å²) in [6.07, 6.45) is 1.03. The van der Waals surface area contributed by atoms with Crippen LogP contribution in [-0.4, -0.2) is 29.5 Å². The first-order valence-electron chi connectivity index (χ1n) is 7.90. The summed E-state index contributed by atoms with van der Waals surface area (Å²) in [4.78, 5) is 25.8. The summed E-state index contributed by atoms with van der Waals surface area (Å²) in [6, 6.07) is 17.7. The van der Waals surface area contributed by atoms with Gasteiger partial charge in [0.2, 0.25) is 5.91 Å². The zero-order chi connectivity index (χ0) is 16.9. The van der Waals surface area contributed by atoms with E-state index in [1.165, 1.54) is 4.90 Å². The molecule has 1 fully saturated rings. The van der Waals surface area contributed by atoms with Crippen molar-refractivity contribution >= 4 is 34.6 Å². The predicted octanol–water partition coefficient (Wildman–Crippen LogP) is 3.81. The number of nitrogens with zero attached hydrogens (tertiary/aromatic N) is 1. The Morgan fingerprint density at radius 1 is 1.08 bits per heavy atom. The third kappa shape index (κ3) is 4.14. The normalized spacial score (nSPS) is 17.0. The molecule has 2 aromatic rings. The predicted molar refractivity (Wildman–Crippen MR) is 99.6 cm³/mol. The summed E-state index contributed by atoms with van der Waals surface area (Å²) in [5.74, 6) is -0.169. The minimum Gasteiger partial charge on any atom is -0.447 e. The molecule has 1 heterocycles. The molecular formula is C19H18INO3. The lowest BCUT2D eigenvalue weighted by Crippen LogP contribution is -2.40. The minimum absolute atomic E-state index is 0.169. The number of hydrogen-bond acceptors (Lipinski definition) is 3. The highest BCUT2D eigenvalue weighted by Gasteiger charge is 2.37. The van der Waals surface area contributed by atoms with E-state index in [0.717, 1.165) is 14.7 Å². The molecular weight excluding hydrogens is 417 g/mol. The smallest absolute Gasteiger partial charge is 0.416 e. The van der Waals surface area contributed by atoms with Crippen molar-refractivity contribution in [3.05, 3.63) is 69.3 Å². The summed E-state index contributed by atoms with van der Waals surface area (Å²) in [7, 11) is 0. The summed E-state index contributed by atoms with van der Waals surface area (Å²) >= 11 is 2.25. The Labute approximate surface area is 154 Å². The van der Waals surface area contributed by atoms with Crippen molar-refractivity contribution in [2.45, 2.75) is 25.3 Å². The number of cyclic esters (lactones) is 1. The van der Waals surface area contributed by atoms with E-state index in [9.17, 15) is 9.59 Å². The van der Waals surface area contributed by atoms with Crippen LogP contribution in [0.4, 0.5) is 4.79 Å². The Hall–Kier alpha value is -1.89. The van der Waals surface area contributed by atoms with Crippen LogP contribution in [0, 0.1) is 3.57 Å². The molecule has 0 aliphatic carbocycles. The Morgan fingerprint density at radius 3 is 2.50 bits per heavy atom. The lowest BCUT2D eigenvalue weighted by atomic mass is 10.0. The number of carbonyl (C=O) groups excluding carboxylic acids is 2. The van der Waals surface area contributed by atoms with Gasteiger partial charge in [-0.05, 0) is 58.7 Å². The van der Waals surface area contributed by atoms with Crippen molar-refractivity contribution in [1.82, 2.24) is 4.90 Å². The molecule has 5 heteroatoms. The van der Waals surface area contributed by atoms with Gasteiger partial charge in [-0.2, -0.15) is 0 Å². The van der Waals surface area contributed by atoms with Gasteiger partial charge in [-0.25, -0.2) is 9.69 Å². The molecule has 3 rings (SSSR count). The maximum absolute atomic E-state index is 12.5. The van der Waals surface area contributed by atoms with Crippen LogP contribution in [0.1, 0.15) is 17.5 Å². The molecule has 1 atom stereocenters. The van der Waals surface area contributed by atoms with Gasteiger partial charge in [0, 0.05) is 9.99 Å². The van der Waals surface area contributed by atoms with E-state index in [1.807, 2.05) is 54.6 Å². The monoisotopic (exact) mass is 435 g/mol. The molecule has 1 saturated heterocycles. The van der Waals surface area contributed by atoms with Gasteiger partial charge >= 0.3 is 6.09 Å². The number of halogens is 1. The zero-order valence-electron chi connectivity index (χ0n) is 13.2. The highest BCUT2D eigenvalue weighted by atomic mass is 127. The van der Waals surface area contributed by atoms with Crippen molar-refractivity contribution in [3.63, 3.8) is 0 Å². The van der Waals surface area contributed by atoms with Crippen LogP contribution < -0.4 is 0 Å². The molecule has 2 aromatic carbocycles. The van der Waals surface area contributed by atoms with Gasteiger partial charge in [0.05, 0.1) is 6.04 Å². The van der Waals surface area contributed by atoms with Crippen LogP contribution in [0.2, 0.25) is 0 Å². The van der Waals surface area contributed by atoms with Crippen molar-refractivity contribution in [1.29, 1.82) is 0 Å². The van der Waals surface area contributed by atoms with Crippen molar-refractivity contribution in [2.24, 2.45) is 0 Å². The fraction of sp³-hybridized carbons (Fsp3) is 0.263. The van der Waals surface area contributed by atoms with Crippen LogP contribution in [0.3, 0.4) is 0 Å². The minimum atomic E-state index is -0.524. The molecule has 0 saturated carbocycles. The standard InChI is InChI=1S/C19H18INO3/c20-16-9-6-14(7-10-16)8-11-18(22)21-17(13-24-19(21)23)12-15-4-2-1-3-5-15/h1-7,9-10,17H,8,11-13H2/t17-/m1/s1. The van der Waals surface area contributed by atoms with E-state index in [4.69, 9.17) is 4.74 Å². The van der Waals surface area contributed by atoms with Gasteiger partial charge in [0.1, 0.15) is 6.61 Å². The molecule has 2 amide bonds. The lowest BCUT2D eigenvalue weighted by Gasteiger charge is -2.19. The third-order valence-corrected chi connectivity index (χ3v) is 4.80. The van der Waals surface area contributed by atoms with E-state index < -0.39 is 6.09 Å². The molecule has 0 radical (unpaired) electrons. The van der Waals surface area contributed by atoms with Crippen LogP contribution in [0.15, 0.2) is 54.6 Å². The van der Waals surface area contributed by atoms with Crippen LogP contribution in [-0.2, 0) is 22.4 Å². The average Bonchev–Trinajstić information content (AvgIpc) is 2.95. The van der Waals surface area contributed by atoms with E-state index in [-0.39, 0.29) is 18.6 Å². The van der Waals surface area contributed by atoms with Gasteiger partial charge in [0.25, 0.3) is 0 Å². The maximum atomic E-state index is 12.5. The highest BCUT2D eigenvalue weighted by molar-refractivity contribution is 14.1. The van der Waals surface area contributed by atoms with Crippen LogP contribution >= 0.6 is 22.6 Å². The SMILES string of the molecule is O=C(CCc1ccc(I)cc1)N1C(=O)OC[C@H]1Cc1ccccc1. The Morgan fingerprint density at radius 2 is 1.79 bits per heavy atom. The highest BCUT2D eigenvalue weighted by Crippen LogP contribution is 2.19. The number of aryl methyl sites for hydroxylation is 1. The quantitative estimate of drug-likeness (QED) is 0.672. The third-order valence-electron chi connectivity index (χ3n) is 4.08. The van der Waals surface area contributed by atoms with Gasteiger partial charge in [0.15, 0.2) is 0 Å². The molecule has 24 heavy (non-hydrogen) atoms. The number of amides is 2. The van der Waals surface area contributed by atoms with Crippen molar-refractivity contribution in [2.75, 3.05) is 6.61 Å². The largest absolute Gasteiger partial charge is 0.447 e. The fourth-order valence-corrected chi connectivity index (χ4v) is 3.18. The topological polar surface area (TPSA) is 46.6 Å². The summed E-state index contributed by atoms with van der Waals surface area (Å²) in [6.45, 7) is 0.267. The molecule has 124 valence electrons. The van der Waals surface area contributed by atoms with E-state index >= 15 is 0 Å². The fourth-order valence-electron chi connectivity index (χ4n) is 2.83. The van der Waals surface area contributed by atoms with Crippen LogP contribution in [0.5, 0.6) is 0 Å². The molecule has 0 unspecified atom stereocenters. The van der Waals surface area contributed by atoms with Crippen LogP contribution in [0.25, 0.3) is 0 Å². The molecule has 0 aromatic heterocycles. The Bertz CT molecular complexity index is 715. The summed E-state index contributed by atoms with van der Waals surface area (Å²) < 4.78 is 6.27. The second-order valence-corrected chi connectivity index (χ2v) is 7.06. The maximum Gasteiger partial charge on any atom is 0.416 e. The Kier molecular flexibility index (Phi) is 5.50. The summed E-state index contributed by atoms with van der Waals surface area (Å²) in [5, 5.41) is 0. The first-order chi connectivity index (χ1) is 11.6. The van der Waals surface area contributed by atoms with Gasteiger partial charge in [-0.3, -0.25) is 4.79 Å². The first kappa shape index (κ1) is 17.0. The van der Waals surface area contributed by atoms with E-state index in [1.54, 1.807) is 0 Å². The van der Waals surface area contributed by atoms with Gasteiger partial charge < -0.3 is 4.74 Å². The van der Waals surface area contributed by atoms with Crippen molar-refractivity contribution in [3.8, 4) is 0 Å². The molecule has 0 bridgehead atoms. The van der Waals surface area contributed by atoms with Gasteiger partial charge in [-0.15, -0.1) is 0 Å². The number of benzene rings is 2. The molecule has 0 spiro atoms. The summed E-state index contributed by atoms with van der Waals surface area (Å²) in [5.41, 5.74) is 2.19. The molecule has 4 nitrogen and oxygen atoms in total. The lowest BCUT2D eigenvalue weighted by molar-refractivity contribution is -0.129. The van der Waals surface area contributed by atoms with E-state index in [0.29, 0.717) is 19.3 Å². The average molecular weight is 435 g/mol. The van der Waals surface area contributed by atoms with Crippen molar-refractivity contribution < 1.29 is 14.3 Å². The number of imide groups is 1. The molecule has 1 aliphatic rings. The second kappa shape index (κ2) is 7.79. The Balaban J connectivity index is 1.62. The second-order valence-electron chi connectivity index (χ2n) is 5.81. The molecule has 1 aliphatic heterocycles. The van der Waals surface area contributed by atoms with Gasteiger partial charge in [-0.1, -0.05) is 42.5 Å².